The van der Waals surface area contributed by atoms with E-state index in [0.717, 1.165) is 6.42 Å². The van der Waals surface area contributed by atoms with E-state index < -0.39 is 6.10 Å². The van der Waals surface area contributed by atoms with Gasteiger partial charge in [0.05, 0.1) is 12.7 Å². The number of carbonyl (C=O) groups excluding carboxylic acids is 1. The first-order chi connectivity index (χ1) is 8.85. The standard InChI is InChI=1S/C14H29NO4/c1-10(2)5-12(7-15)6-14(17)19-9-13(16)8-18-11(3)4/h10-13,16H,5-9,15H2,1-4H3/t12-,13?/m0/s1. The Morgan fingerprint density at radius 3 is 2.32 bits per heavy atom. The maximum Gasteiger partial charge on any atom is 0.306 e. The molecule has 0 fully saturated rings. The highest BCUT2D eigenvalue weighted by Gasteiger charge is 2.16. The fourth-order valence-corrected chi connectivity index (χ4v) is 1.76. The van der Waals surface area contributed by atoms with E-state index >= 15 is 0 Å². The second-order valence-electron chi connectivity index (χ2n) is 5.65. The van der Waals surface area contributed by atoms with Crippen LogP contribution in [0.5, 0.6) is 0 Å². The number of rotatable bonds is 10. The molecule has 1 unspecified atom stereocenters. The predicted molar refractivity (Wildman–Crippen MR) is 74.7 cm³/mol. The van der Waals surface area contributed by atoms with Gasteiger partial charge in [-0.25, -0.2) is 0 Å². The van der Waals surface area contributed by atoms with E-state index in [2.05, 4.69) is 13.8 Å². The highest BCUT2D eigenvalue weighted by Crippen LogP contribution is 2.14. The zero-order valence-electron chi connectivity index (χ0n) is 12.6. The summed E-state index contributed by atoms with van der Waals surface area (Å²) in [6.07, 6.45) is 0.502. The summed E-state index contributed by atoms with van der Waals surface area (Å²) >= 11 is 0. The molecule has 0 bridgehead atoms. The number of ether oxygens (including phenoxy) is 2. The molecule has 0 rings (SSSR count). The summed E-state index contributed by atoms with van der Waals surface area (Å²) in [5, 5.41) is 9.56. The number of aliphatic hydroxyl groups excluding tert-OH is 1. The molecule has 0 amide bonds. The first-order valence-electron chi connectivity index (χ1n) is 7.00. The van der Waals surface area contributed by atoms with Crippen LogP contribution in [0, 0.1) is 11.8 Å². The van der Waals surface area contributed by atoms with Gasteiger partial charge >= 0.3 is 5.97 Å². The number of esters is 1. The van der Waals surface area contributed by atoms with Crippen molar-refractivity contribution in [1.29, 1.82) is 0 Å². The predicted octanol–water partition coefficient (Wildman–Crippen LogP) is 1.33. The number of hydrogen-bond acceptors (Lipinski definition) is 5. The van der Waals surface area contributed by atoms with Gasteiger partial charge in [0, 0.05) is 6.42 Å². The Kier molecular flexibility index (Phi) is 9.83. The van der Waals surface area contributed by atoms with Crippen LogP contribution in [0.15, 0.2) is 0 Å². The molecule has 0 aliphatic heterocycles. The lowest BCUT2D eigenvalue weighted by molar-refractivity contribution is -0.149. The number of nitrogens with two attached hydrogens (primary N) is 1. The van der Waals surface area contributed by atoms with Crippen LogP contribution in [0.1, 0.15) is 40.5 Å². The lowest BCUT2D eigenvalue weighted by Gasteiger charge is -2.17. The maximum absolute atomic E-state index is 11.6. The van der Waals surface area contributed by atoms with Gasteiger partial charge in [-0.05, 0) is 38.6 Å². The molecule has 0 saturated carbocycles. The van der Waals surface area contributed by atoms with Crippen LogP contribution in [0.2, 0.25) is 0 Å². The molecule has 0 heterocycles. The molecule has 5 nitrogen and oxygen atoms in total. The van der Waals surface area contributed by atoms with E-state index in [1.54, 1.807) is 0 Å². The van der Waals surface area contributed by atoms with Gasteiger partial charge in [0.2, 0.25) is 0 Å². The van der Waals surface area contributed by atoms with Gasteiger partial charge in [0.25, 0.3) is 0 Å². The average molecular weight is 275 g/mol. The molecule has 5 heteroatoms. The maximum atomic E-state index is 11.6. The van der Waals surface area contributed by atoms with Crippen LogP contribution >= 0.6 is 0 Å². The molecule has 0 spiro atoms. The molecular formula is C14H29NO4. The first-order valence-corrected chi connectivity index (χ1v) is 7.00. The summed E-state index contributed by atoms with van der Waals surface area (Å²) in [6.45, 7) is 8.60. The Morgan fingerprint density at radius 2 is 1.84 bits per heavy atom. The van der Waals surface area contributed by atoms with Crippen molar-refractivity contribution in [3.05, 3.63) is 0 Å². The lowest BCUT2D eigenvalue weighted by Crippen LogP contribution is -2.27. The number of carbonyl (C=O) groups is 1. The number of hydrogen-bond donors (Lipinski definition) is 2. The van der Waals surface area contributed by atoms with Crippen molar-refractivity contribution in [3.8, 4) is 0 Å². The van der Waals surface area contributed by atoms with E-state index in [1.165, 1.54) is 0 Å². The highest BCUT2D eigenvalue weighted by molar-refractivity contribution is 5.69. The second-order valence-corrected chi connectivity index (χ2v) is 5.65. The van der Waals surface area contributed by atoms with Gasteiger partial charge in [-0.3, -0.25) is 4.79 Å². The van der Waals surface area contributed by atoms with Gasteiger partial charge in [-0.2, -0.15) is 0 Å². The van der Waals surface area contributed by atoms with Gasteiger partial charge in [-0.1, -0.05) is 13.8 Å². The summed E-state index contributed by atoms with van der Waals surface area (Å²) in [5.41, 5.74) is 5.63. The minimum atomic E-state index is -0.771. The van der Waals surface area contributed by atoms with Crippen LogP contribution < -0.4 is 5.73 Å². The Bertz CT molecular complexity index is 244. The molecule has 0 radical (unpaired) electrons. The molecule has 0 aromatic rings. The van der Waals surface area contributed by atoms with Gasteiger partial charge in [0.1, 0.15) is 12.7 Å². The zero-order chi connectivity index (χ0) is 14.8. The summed E-state index contributed by atoms with van der Waals surface area (Å²) in [6, 6.07) is 0. The third-order valence-corrected chi connectivity index (χ3v) is 2.65. The largest absolute Gasteiger partial charge is 0.463 e. The van der Waals surface area contributed by atoms with Crippen LogP contribution in [0.3, 0.4) is 0 Å². The Labute approximate surface area is 116 Å². The molecule has 0 aromatic carbocycles. The summed E-state index contributed by atoms with van der Waals surface area (Å²) in [7, 11) is 0. The topological polar surface area (TPSA) is 81.8 Å². The van der Waals surface area contributed by atoms with Crippen LogP contribution in [-0.2, 0) is 14.3 Å². The van der Waals surface area contributed by atoms with Crippen LogP contribution in [-0.4, -0.2) is 43.0 Å². The number of aliphatic hydroxyl groups is 1. The summed E-state index contributed by atoms with van der Waals surface area (Å²) in [5.74, 6) is 0.350. The van der Waals surface area contributed by atoms with E-state index in [0.29, 0.717) is 18.9 Å². The van der Waals surface area contributed by atoms with Crippen molar-refractivity contribution in [2.45, 2.75) is 52.7 Å². The molecule has 0 aromatic heterocycles. The molecule has 19 heavy (non-hydrogen) atoms. The molecule has 3 N–H and O–H groups in total. The highest BCUT2D eigenvalue weighted by atomic mass is 16.5. The fourth-order valence-electron chi connectivity index (χ4n) is 1.76. The summed E-state index contributed by atoms with van der Waals surface area (Å²) < 4.78 is 10.3. The van der Waals surface area contributed by atoms with Gasteiger partial charge in [-0.15, -0.1) is 0 Å². The minimum absolute atomic E-state index is 0.0233. The Balaban J connectivity index is 3.84. The monoisotopic (exact) mass is 275 g/mol. The van der Waals surface area contributed by atoms with Crippen molar-refractivity contribution in [1.82, 2.24) is 0 Å². The van der Waals surface area contributed by atoms with Crippen molar-refractivity contribution >= 4 is 5.97 Å². The van der Waals surface area contributed by atoms with Crippen LogP contribution in [0.25, 0.3) is 0 Å². The molecule has 0 saturated heterocycles. The smallest absolute Gasteiger partial charge is 0.306 e. The van der Waals surface area contributed by atoms with Crippen molar-refractivity contribution < 1.29 is 19.4 Å². The zero-order valence-corrected chi connectivity index (χ0v) is 12.6. The van der Waals surface area contributed by atoms with E-state index in [4.69, 9.17) is 15.2 Å². The van der Waals surface area contributed by atoms with Crippen molar-refractivity contribution in [2.24, 2.45) is 17.6 Å². The van der Waals surface area contributed by atoms with Crippen LogP contribution in [0.4, 0.5) is 0 Å². The Hall–Kier alpha value is -0.650. The second kappa shape index (κ2) is 10.2. The van der Waals surface area contributed by atoms with Crippen molar-refractivity contribution in [2.75, 3.05) is 19.8 Å². The average Bonchev–Trinajstić information content (AvgIpc) is 2.32. The third kappa shape index (κ3) is 10.9. The third-order valence-electron chi connectivity index (χ3n) is 2.65. The molecular weight excluding hydrogens is 246 g/mol. The lowest BCUT2D eigenvalue weighted by atomic mass is 9.94. The molecule has 114 valence electrons. The normalized spacial score (nSPS) is 14.7. The molecule has 0 aliphatic rings. The molecule has 2 atom stereocenters. The van der Waals surface area contributed by atoms with E-state index in [-0.39, 0.29) is 31.2 Å². The molecule has 0 aliphatic carbocycles. The quantitative estimate of drug-likeness (QED) is 0.588. The SMILES string of the molecule is CC(C)C[C@H](CN)CC(=O)OCC(O)COC(C)C. The van der Waals surface area contributed by atoms with Gasteiger partial charge < -0.3 is 20.3 Å². The van der Waals surface area contributed by atoms with E-state index in [1.807, 2.05) is 13.8 Å². The first kappa shape index (κ1) is 18.4. The minimum Gasteiger partial charge on any atom is -0.463 e. The Morgan fingerprint density at radius 1 is 1.21 bits per heavy atom. The van der Waals surface area contributed by atoms with Crippen molar-refractivity contribution in [3.63, 3.8) is 0 Å². The summed E-state index contributed by atoms with van der Waals surface area (Å²) in [4.78, 5) is 11.6. The van der Waals surface area contributed by atoms with Gasteiger partial charge in [0.15, 0.2) is 0 Å². The fraction of sp³-hybridized carbons (Fsp3) is 0.929. The van der Waals surface area contributed by atoms with E-state index in [9.17, 15) is 9.90 Å².